The molecule has 0 atom stereocenters. The van der Waals surface area contributed by atoms with Crippen molar-refractivity contribution in [3.63, 3.8) is 0 Å². The minimum atomic E-state index is -0.0273. The third-order valence-corrected chi connectivity index (χ3v) is 3.69. The Hall–Kier alpha value is -1.51. The van der Waals surface area contributed by atoms with E-state index in [0.29, 0.717) is 19.6 Å². The summed E-state index contributed by atoms with van der Waals surface area (Å²) in [7, 11) is 0. The number of nitrogens with one attached hydrogen (secondary N) is 3. The fourth-order valence-corrected chi connectivity index (χ4v) is 2.19. The van der Waals surface area contributed by atoms with E-state index >= 15 is 0 Å². The van der Waals surface area contributed by atoms with Crippen molar-refractivity contribution in [2.45, 2.75) is 33.2 Å². The number of amides is 1. The number of nitrogens with zero attached hydrogens (tertiary/aromatic N) is 1. The highest BCUT2D eigenvalue weighted by molar-refractivity contribution is 14.0. The molecule has 2 rings (SSSR count). The average molecular weight is 460 g/mol. The molecule has 1 amide bonds. The van der Waals surface area contributed by atoms with Crippen LogP contribution in [0.15, 0.2) is 29.3 Å². The molecule has 6 nitrogen and oxygen atoms in total. The highest BCUT2D eigenvalue weighted by Gasteiger charge is 2.22. The summed E-state index contributed by atoms with van der Waals surface area (Å²) in [4.78, 5) is 15.5. The molecule has 1 saturated carbocycles. The molecule has 1 aliphatic rings. The molecule has 7 heteroatoms. The first-order chi connectivity index (χ1) is 11.7. The van der Waals surface area contributed by atoms with E-state index in [1.54, 1.807) is 0 Å². The molecule has 25 heavy (non-hydrogen) atoms. The Kier molecular flexibility index (Phi) is 10.3. The van der Waals surface area contributed by atoms with Gasteiger partial charge in [-0.2, -0.15) is 0 Å². The number of para-hydroxylation sites is 1. The summed E-state index contributed by atoms with van der Waals surface area (Å²) in [6, 6.07) is 8.05. The topological polar surface area (TPSA) is 74.8 Å². The molecule has 1 fully saturated rings. The van der Waals surface area contributed by atoms with E-state index in [1.807, 2.05) is 31.2 Å². The van der Waals surface area contributed by atoms with Crippen LogP contribution in [0.2, 0.25) is 0 Å². The lowest BCUT2D eigenvalue weighted by atomic mass is 10.2. The molecule has 0 spiro atoms. The molecule has 1 aliphatic carbocycles. The second-order valence-corrected chi connectivity index (χ2v) is 5.97. The van der Waals surface area contributed by atoms with Crippen molar-refractivity contribution >= 4 is 35.8 Å². The fourth-order valence-electron chi connectivity index (χ4n) is 2.19. The molecule has 0 saturated heterocycles. The van der Waals surface area contributed by atoms with E-state index in [4.69, 9.17) is 4.74 Å². The van der Waals surface area contributed by atoms with E-state index in [-0.39, 0.29) is 29.9 Å². The Bertz CT molecular complexity index is 562. The van der Waals surface area contributed by atoms with Gasteiger partial charge in [-0.15, -0.1) is 24.0 Å². The monoisotopic (exact) mass is 460 g/mol. The number of benzene rings is 1. The zero-order chi connectivity index (χ0) is 17.2. The fraction of sp³-hybridized carbons (Fsp3) is 0.556. The van der Waals surface area contributed by atoms with Gasteiger partial charge >= 0.3 is 0 Å². The third-order valence-electron chi connectivity index (χ3n) is 3.69. The van der Waals surface area contributed by atoms with Crippen molar-refractivity contribution in [2.24, 2.45) is 10.9 Å². The van der Waals surface area contributed by atoms with Crippen LogP contribution in [0.5, 0.6) is 5.75 Å². The van der Waals surface area contributed by atoms with Crippen LogP contribution in [0.1, 0.15) is 32.3 Å². The highest BCUT2D eigenvalue weighted by Crippen LogP contribution is 2.30. The number of hydrogen-bond acceptors (Lipinski definition) is 3. The zero-order valence-corrected chi connectivity index (χ0v) is 17.3. The zero-order valence-electron chi connectivity index (χ0n) is 15.0. The minimum Gasteiger partial charge on any atom is -0.493 e. The summed E-state index contributed by atoms with van der Waals surface area (Å²) in [5, 5.41) is 9.17. The van der Waals surface area contributed by atoms with Crippen LogP contribution in [0, 0.1) is 5.92 Å². The Morgan fingerprint density at radius 2 is 1.92 bits per heavy atom. The molecule has 1 aromatic rings. The molecule has 3 N–H and O–H groups in total. The molecule has 0 radical (unpaired) electrons. The Morgan fingerprint density at radius 1 is 1.20 bits per heavy atom. The maximum Gasteiger partial charge on any atom is 0.216 e. The lowest BCUT2D eigenvalue weighted by molar-refractivity contribution is -0.118. The number of guanidine groups is 1. The maximum atomic E-state index is 10.9. The normalized spacial score (nSPS) is 13.6. The largest absolute Gasteiger partial charge is 0.493 e. The summed E-state index contributed by atoms with van der Waals surface area (Å²) in [5.41, 5.74) is 1.08. The van der Waals surface area contributed by atoms with Gasteiger partial charge in [-0.3, -0.25) is 4.79 Å². The molecule has 0 aromatic heterocycles. The van der Waals surface area contributed by atoms with E-state index in [0.717, 1.165) is 36.3 Å². The summed E-state index contributed by atoms with van der Waals surface area (Å²) in [6.07, 6.45) is 2.56. The van der Waals surface area contributed by atoms with Gasteiger partial charge in [0.2, 0.25) is 5.91 Å². The number of halogens is 1. The van der Waals surface area contributed by atoms with Crippen LogP contribution in [0.3, 0.4) is 0 Å². The van der Waals surface area contributed by atoms with Crippen molar-refractivity contribution in [1.82, 2.24) is 16.0 Å². The third kappa shape index (κ3) is 8.94. The number of rotatable bonds is 9. The minimum absolute atomic E-state index is 0. The van der Waals surface area contributed by atoms with Crippen LogP contribution in [0.25, 0.3) is 0 Å². The average Bonchev–Trinajstić information content (AvgIpc) is 3.39. The second-order valence-electron chi connectivity index (χ2n) is 5.97. The van der Waals surface area contributed by atoms with Crippen LogP contribution in [-0.4, -0.2) is 38.1 Å². The number of ether oxygens (including phenoxy) is 1. The van der Waals surface area contributed by atoms with Gasteiger partial charge in [0.05, 0.1) is 13.2 Å². The quantitative estimate of drug-likeness (QED) is 0.229. The van der Waals surface area contributed by atoms with Crippen LogP contribution >= 0.6 is 24.0 Å². The van der Waals surface area contributed by atoms with E-state index in [1.165, 1.54) is 19.8 Å². The van der Waals surface area contributed by atoms with Gasteiger partial charge in [0.25, 0.3) is 0 Å². The summed E-state index contributed by atoms with van der Waals surface area (Å²) in [6.45, 7) is 6.87. The van der Waals surface area contributed by atoms with Crippen molar-refractivity contribution < 1.29 is 9.53 Å². The Balaban J connectivity index is 0.00000312. The van der Waals surface area contributed by atoms with Crippen molar-refractivity contribution in [2.75, 3.05) is 26.2 Å². The smallest absolute Gasteiger partial charge is 0.216 e. The molecule has 1 aromatic carbocycles. The SMILES string of the molecule is CCNC(=NCc1ccccc1OCC1CC1)NCCNC(C)=O.I. The predicted octanol–water partition coefficient (Wildman–Crippen LogP) is 2.28. The molecule has 0 bridgehead atoms. The highest BCUT2D eigenvalue weighted by atomic mass is 127. The molecule has 0 heterocycles. The number of carbonyl (C=O) groups is 1. The molecular weight excluding hydrogens is 431 g/mol. The van der Waals surface area contributed by atoms with Crippen molar-refractivity contribution in [3.05, 3.63) is 29.8 Å². The second kappa shape index (κ2) is 11.9. The lowest BCUT2D eigenvalue weighted by Gasteiger charge is -2.13. The Morgan fingerprint density at radius 3 is 2.60 bits per heavy atom. The van der Waals surface area contributed by atoms with Crippen LogP contribution < -0.4 is 20.7 Å². The summed E-state index contributed by atoms with van der Waals surface area (Å²) in [5.74, 6) is 2.36. The van der Waals surface area contributed by atoms with E-state index in [9.17, 15) is 4.79 Å². The molecular formula is C18H29IN4O2. The van der Waals surface area contributed by atoms with Gasteiger partial charge in [-0.05, 0) is 31.7 Å². The maximum absolute atomic E-state index is 10.9. The summed E-state index contributed by atoms with van der Waals surface area (Å²) < 4.78 is 5.92. The first-order valence-corrected chi connectivity index (χ1v) is 8.66. The van der Waals surface area contributed by atoms with Gasteiger partial charge in [0, 0.05) is 32.1 Å². The standard InChI is InChI=1S/C18H28N4O2.HI/c1-3-19-18(21-11-10-20-14(2)23)22-12-16-6-4-5-7-17(16)24-13-15-8-9-15;/h4-7,15H,3,8-13H2,1-2H3,(H,20,23)(H2,19,21,22);1H. The van der Waals surface area contributed by atoms with Crippen molar-refractivity contribution in [1.29, 1.82) is 0 Å². The first-order valence-electron chi connectivity index (χ1n) is 8.66. The number of aliphatic imine (C=N–C) groups is 1. The van der Waals surface area contributed by atoms with Gasteiger partial charge in [0.15, 0.2) is 5.96 Å². The van der Waals surface area contributed by atoms with E-state index < -0.39 is 0 Å². The van der Waals surface area contributed by atoms with Gasteiger partial charge in [0.1, 0.15) is 5.75 Å². The Labute approximate surface area is 167 Å². The number of hydrogen-bond donors (Lipinski definition) is 3. The van der Waals surface area contributed by atoms with E-state index in [2.05, 4.69) is 20.9 Å². The van der Waals surface area contributed by atoms with Crippen LogP contribution in [0.4, 0.5) is 0 Å². The van der Waals surface area contributed by atoms with Crippen molar-refractivity contribution in [3.8, 4) is 5.75 Å². The molecule has 0 unspecified atom stereocenters. The van der Waals surface area contributed by atoms with Gasteiger partial charge in [-0.25, -0.2) is 4.99 Å². The van der Waals surface area contributed by atoms with Gasteiger partial charge < -0.3 is 20.7 Å². The predicted molar refractivity (Wildman–Crippen MR) is 112 cm³/mol. The summed E-state index contributed by atoms with van der Waals surface area (Å²) >= 11 is 0. The first kappa shape index (κ1) is 21.5. The molecule has 0 aliphatic heterocycles. The van der Waals surface area contributed by atoms with Crippen LogP contribution in [-0.2, 0) is 11.3 Å². The number of carbonyl (C=O) groups excluding carboxylic acids is 1. The van der Waals surface area contributed by atoms with Gasteiger partial charge in [-0.1, -0.05) is 18.2 Å². The molecule has 140 valence electrons. The lowest BCUT2D eigenvalue weighted by Crippen LogP contribution is -2.41.